The summed E-state index contributed by atoms with van der Waals surface area (Å²) in [6, 6.07) is 43.2. The first-order chi connectivity index (χ1) is 27.5. The van der Waals surface area contributed by atoms with E-state index in [2.05, 4.69) is 169 Å². The Morgan fingerprint density at radius 1 is 0.679 bits per heavy atom. The van der Waals surface area contributed by atoms with Crippen LogP contribution in [-0.4, -0.2) is 7.05 Å². The Balaban J connectivity index is 0.000000675. The van der Waals surface area contributed by atoms with E-state index in [0.29, 0.717) is 0 Å². The minimum atomic E-state index is -0.618. The van der Waals surface area contributed by atoms with Crippen molar-refractivity contribution in [1.29, 1.82) is 0 Å². The molecular weight excluding hydrogens is 679 g/mol. The van der Waals surface area contributed by atoms with Gasteiger partial charge in [0.25, 0.3) is 0 Å². The molecule has 6 rings (SSSR count). The average Bonchev–Trinajstić information content (AvgIpc) is 3.27. The van der Waals surface area contributed by atoms with Crippen LogP contribution in [-0.2, 0) is 5.66 Å². The van der Waals surface area contributed by atoms with Gasteiger partial charge in [-0.3, -0.25) is 5.32 Å². The molecule has 0 radical (unpaired) electrons. The minimum Gasteiger partial charge on any atom is -0.394 e. The van der Waals surface area contributed by atoms with E-state index in [1.807, 2.05) is 97.3 Å². The highest BCUT2D eigenvalue weighted by atomic mass is 15.2. The van der Waals surface area contributed by atoms with Crippen LogP contribution in [0.4, 0.5) is 0 Å². The summed E-state index contributed by atoms with van der Waals surface area (Å²) < 4.78 is 0. The van der Waals surface area contributed by atoms with E-state index in [4.69, 9.17) is 0 Å². The van der Waals surface area contributed by atoms with E-state index in [1.165, 1.54) is 16.3 Å². The molecule has 0 saturated carbocycles. The molecule has 0 fully saturated rings. The van der Waals surface area contributed by atoms with E-state index in [-0.39, 0.29) is 6.04 Å². The van der Waals surface area contributed by atoms with E-state index in [0.717, 1.165) is 33.4 Å². The Kier molecular flexibility index (Phi) is 21.8. The molecule has 0 saturated heterocycles. The standard InChI is InChI=1S/C39H35N3.C7H10.C3H6.2C2H6/c1-29(12-8-9-26-40-2)30-21-23-31(24-22-30)33-15-10-18-35(28-33)39(34-16-4-3-5-17-34)41-27-25-38(42-39)37-20-11-14-32-13-6-7-19-36(32)37;1-3-5-7-6-4-2;1-3-2;2*1-2/h3-28,38,40-42H,1H2,2H3;3-7H,1H2,2H3;3H,1H2,2H3;2*1-2H3/b12-8-,26-9-;6-4-,7-5-;;;. The Labute approximate surface area is 339 Å². The second kappa shape index (κ2) is 26.6. The third kappa shape index (κ3) is 13.3. The summed E-state index contributed by atoms with van der Waals surface area (Å²) in [6.45, 7) is 23.0. The molecule has 1 aliphatic rings. The van der Waals surface area contributed by atoms with Crippen LogP contribution in [0.2, 0.25) is 0 Å². The second-order valence-corrected chi connectivity index (χ2v) is 12.1. The summed E-state index contributed by atoms with van der Waals surface area (Å²) in [7, 11) is 1.88. The molecular formula is C53H63N3. The molecule has 3 N–H and O–H groups in total. The van der Waals surface area contributed by atoms with E-state index in [9.17, 15) is 0 Å². The lowest BCUT2D eigenvalue weighted by atomic mass is 9.85. The lowest BCUT2D eigenvalue weighted by Gasteiger charge is -2.42. The van der Waals surface area contributed by atoms with Crippen LogP contribution >= 0.6 is 0 Å². The highest BCUT2D eigenvalue weighted by Gasteiger charge is 2.38. The van der Waals surface area contributed by atoms with Gasteiger partial charge < -0.3 is 10.6 Å². The first-order valence-electron chi connectivity index (χ1n) is 19.6. The van der Waals surface area contributed by atoms with Gasteiger partial charge in [-0.1, -0.05) is 205 Å². The van der Waals surface area contributed by atoms with Gasteiger partial charge in [0, 0.05) is 7.05 Å². The highest BCUT2D eigenvalue weighted by Crippen LogP contribution is 2.37. The molecule has 2 atom stereocenters. The monoisotopic (exact) mass is 742 g/mol. The summed E-state index contributed by atoms with van der Waals surface area (Å²) in [5.41, 5.74) is 7.34. The zero-order valence-electron chi connectivity index (χ0n) is 34.7. The minimum absolute atomic E-state index is 0.0162. The number of benzene rings is 5. The highest BCUT2D eigenvalue weighted by molar-refractivity contribution is 5.86. The van der Waals surface area contributed by atoms with Crippen LogP contribution in [0, 0.1) is 0 Å². The van der Waals surface area contributed by atoms with E-state index in [1.54, 1.807) is 12.2 Å². The van der Waals surface area contributed by atoms with Crippen LogP contribution in [0.15, 0.2) is 214 Å². The zero-order chi connectivity index (χ0) is 41.0. The van der Waals surface area contributed by atoms with E-state index >= 15 is 0 Å². The fourth-order valence-electron chi connectivity index (χ4n) is 5.97. The van der Waals surface area contributed by atoms with E-state index < -0.39 is 5.66 Å². The molecule has 1 aliphatic heterocycles. The molecule has 0 spiro atoms. The molecule has 0 aromatic heterocycles. The zero-order valence-corrected chi connectivity index (χ0v) is 34.7. The van der Waals surface area contributed by atoms with Gasteiger partial charge in [-0.2, -0.15) is 0 Å². The Hall–Kier alpha value is -6.16. The average molecular weight is 742 g/mol. The molecule has 3 nitrogen and oxygen atoms in total. The van der Waals surface area contributed by atoms with Crippen molar-refractivity contribution in [3.05, 3.63) is 236 Å². The van der Waals surface area contributed by atoms with Gasteiger partial charge in [-0.25, -0.2) is 0 Å². The third-order valence-corrected chi connectivity index (χ3v) is 8.43. The van der Waals surface area contributed by atoms with Gasteiger partial charge in [-0.05, 0) is 94.2 Å². The van der Waals surface area contributed by atoms with Crippen molar-refractivity contribution in [1.82, 2.24) is 16.0 Å². The summed E-state index contributed by atoms with van der Waals surface area (Å²) in [5.74, 6) is 0. The van der Waals surface area contributed by atoms with Crippen molar-refractivity contribution in [2.45, 2.75) is 53.2 Å². The Bertz CT molecular complexity index is 2040. The summed E-state index contributed by atoms with van der Waals surface area (Å²) in [5, 5.41) is 13.2. The second-order valence-electron chi connectivity index (χ2n) is 12.1. The molecule has 3 heteroatoms. The van der Waals surface area contributed by atoms with Crippen LogP contribution in [0.3, 0.4) is 0 Å². The Morgan fingerprint density at radius 2 is 1.32 bits per heavy atom. The molecule has 2 unspecified atom stereocenters. The maximum atomic E-state index is 4.23. The topological polar surface area (TPSA) is 36.1 Å². The van der Waals surface area contributed by atoms with Crippen LogP contribution < -0.4 is 16.0 Å². The van der Waals surface area contributed by atoms with Crippen molar-refractivity contribution >= 4 is 16.3 Å². The fourth-order valence-corrected chi connectivity index (χ4v) is 5.97. The van der Waals surface area contributed by atoms with Gasteiger partial charge in [0.2, 0.25) is 0 Å². The quantitative estimate of drug-likeness (QED) is 0.0985. The summed E-state index contributed by atoms with van der Waals surface area (Å²) in [6.07, 6.45) is 23.4. The maximum absolute atomic E-state index is 4.23. The van der Waals surface area contributed by atoms with Crippen molar-refractivity contribution in [3.63, 3.8) is 0 Å². The van der Waals surface area contributed by atoms with Crippen molar-refractivity contribution in [2.24, 2.45) is 0 Å². The van der Waals surface area contributed by atoms with Gasteiger partial charge in [0.1, 0.15) is 5.66 Å². The molecule has 1 heterocycles. The first-order valence-corrected chi connectivity index (χ1v) is 19.6. The number of hydrogen-bond acceptors (Lipinski definition) is 3. The van der Waals surface area contributed by atoms with Gasteiger partial charge in [0.15, 0.2) is 0 Å². The molecule has 5 aromatic carbocycles. The largest absolute Gasteiger partial charge is 0.394 e. The van der Waals surface area contributed by atoms with Crippen LogP contribution in [0.5, 0.6) is 0 Å². The van der Waals surface area contributed by atoms with Crippen molar-refractivity contribution < 1.29 is 0 Å². The number of rotatable bonds is 10. The number of nitrogens with one attached hydrogen (secondary N) is 3. The summed E-state index contributed by atoms with van der Waals surface area (Å²) >= 11 is 0. The molecule has 0 bridgehead atoms. The first kappa shape index (κ1) is 46.0. The number of fused-ring (bicyclic) bond motifs is 1. The Morgan fingerprint density at radius 3 is 2.00 bits per heavy atom. The van der Waals surface area contributed by atoms with Gasteiger partial charge in [0.05, 0.1) is 6.04 Å². The fraction of sp³-hybridized carbons (Fsp3) is 0.170. The molecule has 0 amide bonds. The normalized spacial score (nSPS) is 15.6. The lowest BCUT2D eigenvalue weighted by Crippen LogP contribution is -2.56. The van der Waals surface area contributed by atoms with Crippen LogP contribution in [0.25, 0.3) is 27.5 Å². The predicted molar refractivity (Wildman–Crippen MR) is 250 cm³/mol. The van der Waals surface area contributed by atoms with Gasteiger partial charge in [-0.15, -0.1) is 6.58 Å². The van der Waals surface area contributed by atoms with Crippen molar-refractivity contribution in [2.75, 3.05) is 7.05 Å². The smallest absolute Gasteiger partial charge is 0.141 e. The number of allylic oxidation sites excluding steroid dienone is 10. The molecule has 56 heavy (non-hydrogen) atoms. The maximum Gasteiger partial charge on any atom is 0.141 e. The van der Waals surface area contributed by atoms with Crippen LogP contribution in [0.1, 0.15) is 69.8 Å². The third-order valence-electron chi connectivity index (χ3n) is 8.43. The SMILES string of the molecule is C=C(/C=C\C=C/NC)c1ccc(-c2cccc(C3(c4ccccc4)NC=CC(c4cccc5ccccc45)N3)c2)cc1.C=C/C=C\C=C/C.C=CC.CC.CC. The lowest BCUT2D eigenvalue weighted by molar-refractivity contribution is 0.317. The number of hydrogen-bond donors (Lipinski definition) is 3. The predicted octanol–water partition coefficient (Wildman–Crippen LogP) is 14.0. The molecule has 5 aromatic rings. The molecule has 290 valence electrons. The van der Waals surface area contributed by atoms with Gasteiger partial charge >= 0.3 is 0 Å². The van der Waals surface area contributed by atoms with Crippen molar-refractivity contribution in [3.8, 4) is 11.1 Å². The molecule has 0 aliphatic carbocycles. The summed E-state index contributed by atoms with van der Waals surface area (Å²) in [4.78, 5) is 0.